The quantitative estimate of drug-likeness (QED) is 0.428. The number of thiophene rings is 1. The minimum Gasteiger partial charge on any atom is -0.508 e. The molecule has 0 saturated heterocycles. The van der Waals surface area contributed by atoms with Crippen molar-refractivity contribution in [1.29, 1.82) is 0 Å². The summed E-state index contributed by atoms with van der Waals surface area (Å²) in [6, 6.07) is 4.58. The Balaban J connectivity index is 0.00000341. The summed E-state index contributed by atoms with van der Waals surface area (Å²) in [5, 5.41) is 31.5. The first kappa shape index (κ1) is 23.9. The lowest BCUT2D eigenvalue weighted by Gasteiger charge is -2.12. The largest absolute Gasteiger partial charge is 0.508 e. The Hall–Kier alpha value is -3.33. The lowest BCUT2D eigenvalue weighted by Crippen LogP contribution is -2.25. The van der Waals surface area contributed by atoms with Crippen molar-refractivity contribution in [2.45, 2.75) is 41.0 Å². The Bertz CT molecular complexity index is 1100. The number of hydrogen-bond donors (Lipinski definition) is 4. The van der Waals surface area contributed by atoms with Gasteiger partial charge in [0.05, 0.1) is 10.4 Å². The Labute approximate surface area is 184 Å². The number of phenols is 2. The highest BCUT2D eigenvalue weighted by molar-refractivity contribution is 7.12. The van der Waals surface area contributed by atoms with E-state index in [9.17, 15) is 19.8 Å². The molecule has 31 heavy (non-hydrogen) atoms. The van der Waals surface area contributed by atoms with Crippen LogP contribution >= 0.6 is 11.3 Å². The number of amides is 2. The van der Waals surface area contributed by atoms with Gasteiger partial charge < -0.3 is 25.4 Å². The first-order valence-electron chi connectivity index (χ1n) is 9.44. The second kappa shape index (κ2) is 9.65. The fraction of sp³-hybridized carbons (Fsp3) is 0.318. The molecule has 2 aromatic heterocycles. The number of nitrogens with zero attached hydrogens (tertiary/aromatic N) is 1. The molecule has 3 rings (SSSR count). The van der Waals surface area contributed by atoms with E-state index in [0.717, 1.165) is 5.56 Å². The van der Waals surface area contributed by atoms with Crippen LogP contribution in [0.1, 0.15) is 65.4 Å². The number of carbonyl (C=O) groups is 2. The number of aromatic nitrogens is 1. The summed E-state index contributed by atoms with van der Waals surface area (Å²) in [7, 11) is 0. The Morgan fingerprint density at radius 1 is 1.19 bits per heavy atom. The van der Waals surface area contributed by atoms with Crippen LogP contribution in [0, 0.1) is 6.92 Å². The Morgan fingerprint density at radius 2 is 1.90 bits per heavy atom. The summed E-state index contributed by atoms with van der Waals surface area (Å²) in [5.74, 6) is -1.28. The van der Waals surface area contributed by atoms with Crippen LogP contribution in [0.2, 0.25) is 0 Å². The van der Waals surface area contributed by atoms with E-state index in [1.807, 2.05) is 26.8 Å². The molecule has 8 nitrogen and oxygen atoms in total. The lowest BCUT2D eigenvalue weighted by atomic mass is 9.97. The molecule has 0 atom stereocenters. The molecular weight excluding hydrogens is 418 g/mol. The topological polar surface area (TPSA) is 125 Å². The van der Waals surface area contributed by atoms with E-state index in [0.29, 0.717) is 17.0 Å². The van der Waals surface area contributed by atoms with Gasteiger partial charge in [-0.15, -0.1) is 11.3 Å². The minimum absolute atomic E-state index is 0. The van der Waals surface area contributed by atoms with Gasteiger partial charge >= 0.3 is 0 Å². The maximum absolute atomic E-state index is 12.8. The van der Waals surface area contributed by atoms with Gasteiger partial charge in [0.25, 0.3) is 11.8 Å². The van der Waals surface area contributed by atoms with Gasteiger partial charge in [0.2, 0.25) is 0 Å². The molecule has 0 saturated carbocycles. The molecule has 3 aromatic rings. The maximum atomic E-state index is 12.8. The number of anilines is 1. The van der Waals surface area contributed by atoms with E-state index >= 15 is 0 Å². The molecule has 0 fully saturated rings. The monoisotopic (exact) mass is 445 g/mol. The molecule has 166 valence electrons. The second-order valence-electron chi connectivity index (χ2n) is 7.06. The van der Waals surface area contributed by atoms with Gasteiger partial charge in [-0.2, -0.15) is 0 Å². The number of phenolic OH excluding ortho intramolecular Hbond substituents is 2. The first-order chi connectivity index (χ1) is 14.2. The standard InChI is InChI=1S/C21H23N3O5S.CH4/c1-5-22-20(27)17-16(23-21(28)19-11(4)6-7-30-19)18(29-24-17)13-8-12(10(2)3)14(25)9-15(13)26;/h6-10,25-26H,5H2,1-4H3,(H,22,27)(H,23,28);1H4. The second-order valence-corrected chi connectivity index (χ2v) is 7.98. The third-order valence-electron chi connectivity index (χ3n) is 4.56. The molecule has 0 bridgehead atoms. The van der Waals surface area contributed by atoms with Crippen LogP contribution in [0.25, 0.3) is 11.3 Å². The zero-order valence-electron chi connectivity index (χ0n) is 17.1. The lowest BCUT2D eigenvalue weighted by molar-refractivity contribution is 0.0947. The van der Waals surface area contributed by atoms with E-state index in [1.165, 1.54) is 17.4 Å². The third-order valence-corrected chi connectivity index (χ3v) is 5.58. The smallest absolute Gasteiger partial charge is 0.275 e. The summed E-state index contributed by atoms with van der Waals surface area (Å²) in [6.07, 6.45) is 0. The van der Waals surface area contributed by atoms with E-state index < -0.39 is 11.8 Å². The molecular formula is C22H27N3O5S. The average Bonchev–Trinajstić information content (AvgIpc) is 3.28. The van der Waals surface area contributed by atoms with E-state index in [-0.39, 0.29) is 47.5 Å². The fourth-order valence-corrected chi connectivity index (χ4v) is 3.82. The van der Waals surface area contributed by atoms with Crippen LogP contribution < -0.4 is 10.6 Å². The van der Waals surface area contributed by atoms with Gasteiger partial charge in [0.15, 0.2) is 11.5 Å². The van der Waals surface area contributed by atoms with Gasteiger partial charge in [0, 0.05) is 12.6 Å². The zero-order valence-corrected chi connectivity index (χ0v) is 17.9. The maximum Gasteiger partial charge on any atom is 0.275 e. The van der Waals surface area contributed by atoms with Crippen LogP contribution in [0.4, 0.5) is 5.69 Å². The van der Waals surface area contributed by atoms with E-state index in [2.05, 4.69) is 15.8 Å². The number of aromatic hydroxyl groups is 2. The Kier molecular flexibility index (Phi) is 7.46. The molecule has 9 heteroatoms. The highest BCUT2D eigenvalue weighted by Gasteiger charge is 2.28. The summed E-state index contributed by atoms with van der Waals surface area (Å²) < 4.78 is 5.39. The van der Waals surface area contributed by atoms with Crippen LogP contribution in [-0.2, 0) is 0 Å². The average molecular weight is 446 g/mol. The number of nitrogens with one attached hydrogen (secondary N) is 2. The van der Waals surface area contributed by atoms with Crippen molar-refractivity contribution < 1.29 is 24.3 Å². The van der Waals surface area contributed by atoms with Crippen molar-refractivity contribution >= 4 is 28.8 Å². The van der Waals surface area contributed by atoms with Crippen molar-refractivity contribution in [2.24, 2.45) is 0 Å². The van der Waals surface area contributed by atoms with E-state index in [4.69, 9.17) is 4.52 Å². The number of carbonyl (C=O) groups excluding carboxylic acids is 2. The van der Waals surface area contributed by atoms with Crippen LogP contribution in [-0.4, -0.2) is 33.7 Å². The first-order valence-corrected chi connectivity index (χ1v) is 10.3. The van der Waals surface area contributed by atoms with Crippen molar-refractivity contribution in [1.82, 2.24) is 10.5 Å². The van der Waals surface area contributed by atoms with Crippen LogP contribution in [0.3, 0.4) is 0 Å². The normalized spacial score (nSPS) is 10.6. The summed E-state index contributed by atoms with van der Waals surface area (Å²) in [4.78, 5) is 25.8. The molecule has 2 amide bonds. The van der Waals surface area contributed by atoms with Crippen molar-refractivity contribution in [3.63, 3.8) is 0 Å². The molecule has 2 heterocycles. The number of benzene rings is 1. The summed E-state index contributed by atoms with van der Waals surface area (Å²) in [6.45, 7) is 7.70. The zero-order chi connectivity index (χ0) is 22.0. The minimum atomic E-state index is -0.520. The molecule has 0 aliphatic carbocycles. The molecule has 0 unspecified atom stereocenters. The third kappa shape index (κ3) is 4.72. The Morgan fingerprint density at radius 3 is 2.48 bits per heavy atom. The predicted molar refractivity (Wildman–Crippen MR) is 121 cm³/mol. The molecule has 0 spiro atoms. The van der Waals surface area contributed by atoms with Crippen molar-refractivity contribution in [2.75, 3.05) is 11.9 Å². The number of rotatable bonds is 6. The number of aryl methyl sites for hydroxylation is 1. The number of hydrogen-bond acceptors (Lipinski definition) is 7. The van der Waals surface area contributed by atoms with Gasteiger partial charge in [-0.3, -0.25) is 9.59 Å². The van der Waals surface area contributed by atoms with Crippen LogP contribution in [0.15, 0.2) is 28.1 Å². The molecule has 1 aromatic carbocycles. The van der Waals surface area contributed by atoms with E-state index in [1.54, 1.807) is 18.4 Å². The molecule has 4 N–H and O–H groups in total. The van der Waals surface area contributed by atoms with Gasteiger partial charge in [-0.05, 0) is 48.4 Å². The van der Waals surface area contributed by atoms with Gasteiger partial charge in [-0.25, -0.2) is 0 Å². The van der Waals surface area contributed by atoms with Gasteiger partial charge in [0.1, 0.15) is 17.2 Å². The van der Waals surface area contributed by atoms with Gasteiger partial charge in [-0.1, -0.05) is 26.4 Å². The highest BCUT2D eigenvalue weighted by Crippen LogP contribution is 2.42. The van der Waals surface area contributed by atoms with Crippen molar-refractivity contribution in [3.8, 4) is 22.8 Å². The summed E-state index contributed by atoms with van der Waals surface area (Å²) >= 11 is 1.27. The highest BCUT2D eigenvalue weighted by atomic mass is 32.1. The fourth-order valence-electron chi connectivity index (χ4n) is 3.00. The summed E-state index contributed by atoms with van der Waals surface area (Å²) in [5.41, 5.74) is 1.52. The SMILES string of the molecule is C.CCNC(=O)c1noc(-c2cc(C(C)C)c(O)cc2O)c1NC(=O)c1sccc1C. The molecule has 0 aliphatic heterocycles. The molecule has 0 aliphatic rings. The van der Waals surface area contributed by atoms with Crippen LogP contribution in [0.5, 0.6) is 11.5 Å². The predicted octanol–water partition coefficient (Wildman–Crippen LogP) is 4.88. The molecule has 0 radical (unpaired) electrons. The van der Waals surface area contributed by atoms with Crippen molar-refractivity contribution in [3.05, 3.63) is 45.3 Å².